The number of hydrogen-bond donors (Lipinski definition) is 4. The SMILES string of the molecule is COc1cc(CO)cc(I)c1O[C@H]1C=C(C(=O)NCCO)C[C@@H](N(CC2CCCCC2)C(=O)c2cc3cccc(OC)c3o2)[C@@H]1O. The van der Waals surface area contributed by atoms with Crippen LogP contribution in [0.4, 0.5) is 0 Å². The summed E-state index contributed by atoms with van der Waals surface area (Å²) in [6, 6.07) is 9.66. The molecule has 46 heavy (non-hydrogen) atoms. The molecule has 11 nitrogen and oxygen atoms in total. The number of halogens is 1. The van der Waals surface area contributed by atoms with Gasteiger partial charge < -0.3 is 44.2 Å². The van der Waals surface area contributed by atoms with Crippen molar-refractivity contribution in [2.45, 2.75) is 63.4 Å². The van der Waals surface area contributed by atoms with Gasteiger partial charge >= 0.3 is 0 Å². The Morgan fingerprint density at radius 3 is 2.52 bits per heavy atom. The van der Waals surface area contributed by atoms with Crippen molar-refractivity contribution in [1.82, 2.24) is 10.2 Å². The van der Waals surface area contributed by atoms with Gasteiger partial charge in [0.1, 0.15) is 12.2 Å². The second-order valence-electron chi connectivity index (χ2n) is 11.7. The molecule has 12 heteroatoms. The number of hydrogen-bond acceptors (Lipinski definition) is 9. The molecule has 2 aliphatic rings. The van der Waals surface area contributed by atoms with Crippen molar-refractivity contribution in [2.24, 2.45) is 5.92 Å². The Morgan fingerprint density at radius 2 is 1.83 bits per heavy atom. The van der Waals surface area contributed by atoms with E-state index in [-0.39, 0.29) is 37.9 Å². The highest BCUT2D eigenvalue weighted by molar-refractivity contribution is 14.1. The number of fused-ring (bicyclic) bond motifs is 1. The van der Waals surface area contributed by atoms with Gasteiger partial charge in [0.15, 0.2) is 28.6 Å². The van der Waals surface area contributed by atoms with Gasteiger partial charge in [-0.25, -0.2) is 0 Å². The second-order valence-corrected chi connectivity index (χ2v) is 12.9. The predicted molar refractivity (Wildman–Crippen MR) is 179 cm³/mol. The fourth-order valence-corrected chi connectivity index (χ4v) is 7.15. The minimum atomic E-state index is -1.22. The average Bonchev–Trinajstić information content (AvgIpc) is 3.52. The summed E-state index contributed by atoms with van der Waals surface area (Å²) < 4.78 is 24.1. The molecule has 0 saturated heterocycles. The summed E-state index contributed by atoms with van der Waals surface area (Å²) in [7, 11) is 3.02. The lowest BCUT2D eigenvalue weighted by atomic mass is 9.85. The highest BCUT2D eigenvalue weighted by atomic mass is 127. The average molecular weight is 749 g/mol. The van der Waals surface area contributed by atoms with Crippen LogP contribution in [-0.4, -0.2) is 84.2 Å². The van der Waals surface area contributed by atoms with E-state index in [0.717, 1.165) is 32.1 Å². The van der Waals surface area contributed by atoms with E-state index in [9.17, 15) is 24.9 Å². The van der Waals surface area contributed by atoms with E-state index in [1.165, 1.54) is 14.2 Å². The maximum Gasteiger partial charge on any atom is 0.289 e. The van der Waals surface area contributed by atoms with E-state index in [1.807, 2.05) is 12.1 Å². The molecule has 3 aromatic rings. The van der Waals surface area contributed by atoms with Gasteiger partial charge in [0, 0.05) is 30.5 Å². The number of amides is 2. The first-order valence-corrected chi connectivity index (χ1v) is 16.6. The van der Waals surface area contributed by atoms with Gasteiger partial charge in [-0.1, -0.05) is 31.4 Å². The number of para-hydroxylation sites is 1. The third-order valence-corrected chi connectivity index (χ3v) is 9.52. The van der Waals surface area contributed by atoms with E-state index in [0.29, 0.717) is 49.5 Å². The Kier molecular flexibility index (Phi) is 11.5. The summed E-state index contributed by atoms with van der Waals surface area (Å²) in [6.45, 7) is -0.00495. The molecular weight excluding hydrogens is 707 g/mol. The first-order chi connectivity index (χ1) is 22.3. The van der Waals surface area contributed by atoms with Crippen LogP contribution in [-0.2, 0) is 11.4 Å². The summed E-state index contributed by atoms with van der Waals surface area (Å²) in [5, 5.41) is 34.4. The van der Waals surface area contributed by atoms with Crippen molar-refractivity contribution >= 4 is 45.4 Å². The number of aliphatic hydroxyl groups is 3. The smallest absolute Gasteiger partial charge is 0.289 e. The number of methoxy groups -OCH3 is 2. The van der Waals surface area contributed by atoms with Crippen molar-refractivity contribution in [3.63, 3.8) is 0 Å². The Hall–Kier alpha value is -3.33. The third kappa shape index (κ3) is 7.45. The van der Waals surface area contributed by atoms with Gasteiger partial charge in [-0.05, 0) is 77.3 Å². The number of rotatable bonds is 12. The summed E-state index contributed by atoms with van der Waals surface area (Å²) in [4.78, 5) is 29.4. The quantitative estimate of drug-likeness (QED) is 0.200. The van der Waals surface area contributed by atoms with E-state index >= 15 is 0 Å². The van der Waals surface area contributed by atoms with Gasteiger partial charge in [0.05, 0.1) is 37.0 Å². The van der Waals surface area contributed by atoms with Gasteiger partial charge in [-0.3, -0.25) is 9.59 Å². The van der Waals surface area contributed by atoms with Crippen LogP contribution in [0.15, 0.2) is 52.5 Å². The molecule has 5 rings (SSSR count). The Balaban J connectivity index is 1.55. The highest BCUT2D eigenvalue weighted by Crippen LogP contribution is 2.38. The van der Waals surface area contributed by atoms with Crippen molar-refractivity contribution in [3.8, 4) is 17.2 Å². The molecule has 1 heterocycles. The lowest BCUT2D eigenvalue weighted by Gasteiger charge is -2.42. The molecule has 2 aromatic carbocycles. The fraction of sp³-hybridized carbons (Fsp3) is 0.471. The molecule has 0 spiro atoms. The van der Waals surface area contributed by atoms with Crippen molar-refractivity contribution < 1.29 is 43.5 Å². The first-order valence-electron chi connectivity index (χ1n) is 15.6. The molecule has 0 radical (unpaired) electrons. The van der Waals surface area contributed by atoms with Crippen LogP contribution in [0.1, 0.15) is 54.6 Å². The normalized spacial score (nSPS) is 20.2. The largest absolute Gasteiger partial charge is 0.493 e. The minimum absolute atomic E-state index is 0.0504. The summed E-state index contributed by atoms with van der Waals surface area (Å²) in [5.41, 5.74) is 1.40. The zero-order valence-corrected chi connectivity index (χ0v) is 28.2. The first kappa shape index (κ1) is 34.0. The van der Waals surface area contributed by atoms with Crippen LogP contribution in [0.25, 0.3) is 11.0 Å². The van der Waals surface area contributed by atoms with Gasteiger partial charge in [0.25, 0.3) is 5.91 Å². The van der Waals surface area contributed by atoms with Crippen LogP contribution >= 0.6 is 22.6 Å². The molecule has 0 unspecified atom stereocenters. The molecule has 1 fully saturated rings. The lowest BCUT2D eigenvalue weighted by molar-refractivity contribution is -0.118. The number of benzene rings is 2. The van der Waals surface area contributed by atoms with Crippen molar-refractivity contribution in [2.75, 3.05) is 33.9 Å². The van der Waals surface area contributed by atoms with Crippen LogP contribution in [0, 0.1) is 9.49 Å². The van der Waals surface area contributed by atoms with Crippen LogP contribution < -0.4 is 19.5 Å². The number of ether oxygens (including phenoxy) is 3. The number of carbonyl (C=O) groups is 2. The fourth-order valence-electron chi connectivity index (χ4n) is 6.36. The zero-order chi connectivity index (χ0) is 32.8. The number of nitrogens with one attached hydrogen (secondary N) is 1. The second kappa shape index (κ2) is 15.5. The number of carbonyl (C=O) groups excluding carboxylic acids is 2. The molecule has 1 aromatic heterocycles. The van der Waals surface area contributed by atoms with Crippen molar-refractivity contribution in [1.29, 1.82) is 0 Å². The Morgan fingerprint density at radius 1 is 1.07 bits per heavy atom. The summed E-state index contributed by atoms with van der Waals surface area (Å²) >= 11 is 2.07. The van der Waals surface area contributed by atoms with Crippen LogP contribution in [0.3, 0.4) is 0 Å². The minimum Gasteiger partial charge on any atom is -0.493 e. The molecule has 2 amide bonds. The molecule has 248 valence electrons. The van der Waals surface area contributed by atoms with Crippen LogP contribution in [0.2, 0.25) is 0 Å². The van der Waals surface area contributed by atoms with Gasteiger partial charge in [0.2, 0.25) is 5.91 Å². The van der Waals surface area contributed by atoms with Gasteiger partial charge in [-0.15, -0.1) is 0 Å². The maximum atomic E-state index is 14.4. The molecule has 4 N–H and O–H groups in total. The predicted octanol–water partition coefficient (Wildman–Crippen LogP) is 4.19. The molecular formula is C34H41IN2O9. The standard InChI is InChI=1S/C34H41IN2O9/c1-43-26-10-6-9-22-16-29(46-31(22)26)34(42)37(18-20-7-4-3-5-8-20)25-15-23(33(41)36-11-12-38)17-27(30(25)40)45-32-24(35)13-21(19-39)14-28(32)44-2/h6,9-10,13-14,16-17,20,25,27,30,38-40H,3-5,7-8,11-12,15,18-19H2,1-2H3,(H,36,41)/t25-,27+,30+/m1/s1. The van der Waals surface area contributed by atoms with Gasteiger partial charge in [-0.2, -0.15) is 0 Å². The molecule has 2 aliphatic carbocycles. The number of nitrogens with zero attached hydrogens (tertiary/aromatic N) is 1. The molecule has 0 bridgehead atoms. The van der Waals surface area contributed by atoms with Crippen molar-refractivity contribution in [3.05, 3.63) is 62.9 Å². The molecule has 0 aliphatic heterocycles. The number of aliphatic hydroxyl groups excluding tert-OH is 3. The van der Waals surface area contributed by atoms with E-state index in [1.54, 1.807) is 35.2 Å². The highest BCUT2D eigenvalue weighted by Gasteiger charge is 2.42. The third-order valence-electron chi connectivity index (χ3n) is 8.72. The van der Waals surface area contributed by atoms with E-state index in [4.69, 9.17) is 18.6 Å². The molecule has 1 saturated carbocycles. The summed E-state index contributed by atoms with van der Waals surface area (Å²) in [5.74, 6) is 0.702. The van der Waals surface area contributed by atoms with E-state index in [2.05, 4.69) is 27.9 Å². The van der Waals surface area contributed by atoms with Crippen LogP contribution in [0.5, 0.6) is 17.2 Å². The molecule has 3 atom stereocenters. The Labute approximate surface area is 281 Å². The maximum absolute atomic E-state index is 14.4. The summed E-state index contributed by atoms with van der Waals surface area (Å²) in [6.07, 6.45) is 4.54. The van der Waals surface area contributed by atoms with E-state index < -0.39 is 30.1 Å². The Bertz CT molecular complexity index is 1570. The monoisotopic (exact) mass is 748 g/mol. The lowest BCUT2D eigenvalue weighted by Crippen LogP contribution is -2.56. The zero-order valence-electron chi connectivity index (χ0n) is 26.0. The topological polar surface area (TPSA) is 151 Å². The number of furan rings is 1.